The zero-order chi connectivity index (χ0) is 14.0. The molecule has 1 unspecified atom stereocenters. The Morgan fingerprint density at radius 1 is 1.53 bits per heavy atom. The number of nitrogens with one attached hydrogen (secondary N) is 1. The molecular weight excluding hydrogens is 357 g/mol. The maximum absolute atomic E-state index is 14.0. The number of aliphatic hydroxyl groups excluding tert-OH is 1. The molecule has 0 aromatic heterocycles. The second-order valence-electron chi connectivity index (χ2n) is 4.22. The lowest BCUT2D eigenvalue weighted by atomic mass is 10.2. The first-order valence-corrected chi connectivity index (χ1v) is 9.06. The number of aliphatic hydroxyl groups is 1. The summed E-state index contributed by atoms with van der Waals surface area (Å²) in [6, 6.07) is 2.41. The fourth-order valence-corrected chi connectivity index (χ4v) is 5.17. The van der Waals surface area contributed by atoms with Crippen LogP contribution in [0.15, 0.2) is 21.5 Å². The van der Waals surface area contributed by atoms with Crippen LogP contribution in [-0.4, -0.2) is 31.1 Å². The summed E-state index contributed by atoms with van der Waals surface area (Å²) in [5.74, 6) is 0.696. The first kappa shape index (κ1) is 15.2. The topological polar surface area (TPSA) is 66.4 Å². The quantitative estimate of drug-likeness (QED) is 0.849. The van der Waals surface area contributed by atoms with Crippen LogP contribution in [0.1, 0.15) is 12.0 Å². The lowest BCUT2D eigenvalue weighted by Crippen LogP contribution is -2.35. The first-order chi connectivity index (χ1) is 8.94. The minimum Gasteiger partial charge on any atom is -0.392 e. The lowest BCUT2D eigenvalue weighted by molar-refractivity contribution is 0.274. The van der Waals surface area contributed by atoms with Crippen molar-refractivity contribution in [3.05, 3.63) is 28.0 Å². The van der Waals surface area contributed by atoms with E-state index in [1.165, 1.54) is 12.1 Å². The van der Waals surface area contributed by atoms with Crippen molar-refractivity contribution < 1.29 is 17.9 Å². The highest BCUT2D eigenvalue weighted by atomic mass is 79.9. The molecule has 2 N–H and O–H groups in total. The van der Waals surface area contributed by atoms with Gasteiger partial charge in [-0.1, -0.05) is 15.9 Å². The van der Waals surface area contributed by atoms with Crippen LogP contribution in [0.5, 0.6) is 0 Å². The van der Waals surface area contributed by atoms with E-state index >= 15 is 0 Å². The highest BCUT2D eigenvalue weighted by Gasteiger charge is 2.27. The molecular formula is C11H13BrFNO3S2. The van der Waals surface area contributed by atoms with E-state index in [9.17, 15) is 12.8 Å². The van der Waals surface area contributed by atoms with E-state index in [1.807, 2.05) is 0 Å². The molecule has 0 spiro atoms. The number of hydrogen-bond donors (Lipinski definition) is 2. The fourth-order valence-electron chi connectivity index (χ4n) is 1.84. The third-order valence-electron chi connectivity index (χ3n) is 2.79. The van der Waals surface area contributed by atoms with Crippen LogP contribution in [0, 0.1) is 5.82 Å². The fraction of sp³-hybridized carbons (Fsp3) is 0.455. The van der Waals surface area contributed by atoms with E-state index in [0.717, 1.165) is 12.2 Å². The van der Waals surface area contributed by atoms with Crippen molar-refractivity contribution in [2.24, 2.45) is 0 Å². The maximum Gasteiger partial charge on any atom is 0.243 e. The van der Waals surface area contributed by atoms with E-state index in [4.69, 9.17) is 5.11 Å². The van der Waals surface area contributed by atoms with Gasteiger partial charge in [0.25, 0.3) is 0 Å². The van der Waals surface area contributed by atoms with Crippen LogP contribution in [-0.2, 0) is 16.6 Å². The van der Waals surface area contributed by atoms with Crippen LogP contribution in [0.25, 0.3) is 0 Å². The number of hydrogen-bond acceptors (Lipinski definition) is 4. The Morgan fingerprint density at radius 2 is 2.26 bits per heavy atom. The molecule has 19 heavy (non-hydrogen) atoms. The second kappa shape index (κ2) is 6.09. The molecule has 1 aliphatic rings. The number of rotatable bonds is 4. The summed E-state index contributed by atoms with van der Waals surface area (Å²) >= 11 is 4.78. The van der Waals surface area contributed by atoms with Crippen LogP contribution in [0.3, 0.4) is 0 Å². The second-order valence-corrected chi connectivity index (χ2v) is 7.96. The summed E-state index contributed by atoms with van der Waals surface area (Å²) < 4.78 is 41.3. The monoisotopic (exact) mass is 369 g/mol. The zero-order valence-electron chi connectivity index (χ0n) is 9.90. The summed E-state index contributed by atoms with van der Waals surface area (Å²) in [4.78, 5) is -0.428. The van der Waals surface area contributed by atoms with Crippen molar-refractivity contribution in [3.63, 3.8) is 0 Å². The minimum atomic E-state index is -3.91. The van der Waals surface area contributed by atoms with Gasteiger partial charge in [-0.05, 0) is 24.3 Å². The van der Waals surface area contributed by atoms with Gasteiger partial charge < -0.3 is 5.11 Å². The Morgan fingerprint density at radius 3 is 2.84 bits per heavy atom. The van der Waals surface area contributed by atoms with Crippen molar-refractivity contribution in [2.75, 3.05) is 11.5 Å². The zero-order valence-corrected chi connectivity index (χ0v) is 13.1. The van der Waals surface area contributed by atoms with Crippen LogP contribution in [0.2, 0.25) is 0 Å². The van der Waals surface area contributed by atoms with E-state index in [1.54, 1.807) is 11.8 Å². The molecule has 2 rings (SSSR count). The van der Waals surface area contributed by atoms with Gasteiger partial charge in [-0.25, -0.2) is 17.5 Å². The van der Waals surface area contributed by atoms with E-state index in [-0.39, 0.29) is 11.6 Å². The molecule has 4 nitrogen and oxygen atoms in total. The lowest BCUT2D eigenvalue weighted by Gasteiger charge is -2.14. The van der Waals surface area contributed by atoms with E-state index < -0.39 is 27.3 Å². The Bertz CT molecular complexity index is 574. The molecule has 1 fully saturated rings. The molecule has 0 radical (unpaired) electrons. The molecule has 8 heteroatoms. The van der Waals surface area contributed by atoms with Crippen molar-refractivity contribution in [3.8, 4) is 0 Å². The predicted molar refractivity (Wildman–Crippen MR) is 76.1 cm³/mol. The smallest absolute Gasteiger partial charge is 0.243 e. The Balaban J connectivity index is 2.36. The molecule has 1 heterocycles. The molecule has 1 aromatic carbocycles. The van der Waals surface area contributed by atoms with Gasteiger partial charge in [-0.3, -0.25) is 0 Å². The minimum absolute atomic E-state index is 0.0458. The highest BCUT2D eigenvalue weighted by Crippen LogP contribution is 2.26. The third-order valence-corrected chi connectivity index (χ3v) is 5.93. The standard InChI is InChI=1S/C11H13BrFNO3S2/c12-8-3-7(5-15)11(13)10(4-8)19(16,17)14-9-1-2-18-6-9/h3-4,9,14-15H,1-2,5-6H2. The van der Waals surface area contributed by atoms with Crippen LogP contribution >= 0.6 is 27.7 Å². The molecule has 1 aliphatic heterocycles. The summed E-state index contributed by atoms with van der Waals surface area (Å²) in [6.45, 7) is -0.549. The van der Waals surface area contributed by atoms with Crippen molar-refractivity contribution in [2.45, 2.75) is 24.0 Å². The predicted octanol–water partition coefficient (Wildman–Crippen LogP) is 1.86. The summed E-state index contributed by atoms with van der Waals surface area (Å²) in [6.07, 6.45) is 0.742. The van der Waals surface area contributed by atoms with Gasteiger partial charge in [0.1, 0.15) is 10.7 Å². The summed E-state index contributed by atoms with van der Waals surface area (Å²) in [5, 5.41) is 9.04. The van der Waals surface area contributed by atoms with Gasteiger partial charge in [0.2, 0.25) is 10.0 Å². The van der Waals surface area contributed by atoms with E-state index in [0.29, 0.717) is 10.2 Å². The molecule has 0 aliphatic carbocycles. The Kier molecular flexibility index (Phi) is 4.88. The average molecular weight is 370 g/mol. The van der Waals surface area contributed by atoms with Gasteiger partial charge in [0.05, 0.1) is 6.61 Å². The number of halogens is 2. The Labute approximate surface area is 124 Å². The van der Waals surface area contributed by atoms with Gasteiger partial charge >= 0.3 is 0 Å². The SMILES string of the molecule is O=S(=O)(NC1CCSC1)c1cc(Br)cc(CO)c1F. The van der Waals surface area contributed by atoms with Gasteiger partial charge in [0, 0.05) is 21.8 Å². The maximum atomic E-state index is 14.0. The largest absolute Gasteiger partial charge is 0.392 e. The van der Waals surface area contributed by atoms with Crippen molar-refractivity contribution in [1.29, 1.82) is 0 Å². The van der Waals surface area contributed by atoms with Crippen molar-refractivity contribution in [1.82, 2.24) is 4.72 Å². The first-order valence-electron chi connectivity index (χ1n) is 5.63. The summed E-state index contributed by atoms with van der Waals surface area (Å²) in [5.41, 5.74) is -0.0458. The molecule has 0 amide bonds. The number of thioether (sulfide) groups is 1. The van der Waals surface area contributed by atoms with Gasteiger partial charge in [-0.2, -0.15) is 11.8 Å². The van der Waals surface area contributed by atoms with Crippen LogP contribution in [0.4, 0.5) is 4.39 Å². The van der Waals surface area contributed by atoms with Crippen LogP contribution < -0.4 is 4.72 Å². The number of benzene rings is 1. The van der Waals surface area contributed by atoms with Gasteiger partial charge in [0.15, 0.2) is 0 Å². The Hall–Kier alpha value is -0.150. The number of sulfonamides is 1. The third kappa shape index (κ3) is 3.49. The van der Waals surface area contributed by atoms with E-state index in [2.05, 4.69) is 20.7 Å². The molecule has 1 saturated heterocycles. The van der Waals surface area contributed by atoms with Crippen molar-refractivity contribution >= 4 is 37.7 Å². The summed E-state index contributed by atoms with van der Waals surface area (Å²) in [7, 11) is -3.91. The molecule has 0 saturated carbocycles. The van der Waals surface area contributed by atoms with Gasteiger partial charge in [-0.15, -0.1) is 0 Å². The average Bonchev–Trinajstić information content (AvgIpc) is 2.83. The molecule has 0 bridgehead atoms. The normalized spacial score (nSPS) is 19.8. The highest BCUT2D eigenvalue weighted by molar-refractivity contribution is 9.10. The molecule has 1 atom stereocenters. The molecule has 1 aromatic rings. The molecule has 106 valence electrons.